The second kappa shape index (κ2) is 6.68. The molecule has 2 aromatic rings. The number of hydrogen-bond acceptors (Lipinski definition) is 3. The van der Waals surface area contributed by atoms with E-state index in [1.165, 1.54) is 14.0 Å². The molecule has 1 aromatic carbocycles. The topological polar surface area (TPSA) is 51.2 Å². The maximum absolute atomic E-state index is 12.6. The highest BCUT2D eigenvalue weighted by Crippen LogP contribution is 2.32. The number of aryl methyl sites for hydroxylation is 2. The number of alkyl halides is 3. The van der Waals surface area contributed by atoms with Crippen molar-refractivity contribution >= 4 is 23.2 Å². The van der Waals surface area contributed by atoms with E-state index in [1.54, 1.807) is 19.1 Å². The molecular formula is C16H14ClF3N2O2. The smallest absolute Gasteiger partial charge is 0.433 e. The molecule has 1 amide bonds. The molecule has 0 spiro atoms. The van der Waals surface area contributed by atoms with Crippen molar-refractivity contribution in [2.75, 3.05) is 12.4 Å². The van der Waals surface area contributed by atoms with Crippen LogP contribution in [0.15, 0.2) is 24.3 Å². The molecule has 2 rings (SSSR count). The fourth-order valence-corrected chi connectivity index (χ4v) is 2.23. The Morgan fingerprint density at radius 2 is 1.92 bits per heavy atom. The first-order valence-corrected chi connectivity index (χ1v) is 7.21. The van der Waals surface area contributed by atoms with Gasteiger partial charge in [-0.1, -0.05) is 11.6 Å². The molecule has 0 fully saturated rings. The van der Waals surface area contributed by atoms with Crippen LogP contribution in [0.5, 0.6) is 5.75 Å². The van der Waals surface area contributed by atoms with Gasteiger partial charge in [0.25, 0.3) is 5.91 Å². The zero-order valence-electron chi connectivity index (χ0n) is 13.1. The molecule has 0 aliphatic carbocycles. The molecule has 8 heteroatoms. The maximum Gasteiger partial charge on any atom is 0.433 e. The average molecular weight is 359 g/mol. The van der Waals surface area contributed by atoms with E-state index in [0.717, 1.165) is 17.7 Å². The fourth-order valence-electron chi connectivity index (χ4n) is 2.08. The highest BCUT2D eigenvalue weighted by Gasteiger charge is 2.33. The zero-order chi connectivity index (χ0) is 18.1. The van der Waals surface area contributed by atoms with E-state index in [4.69, 9.17) is 16.3 Å². The van der Waals surface area contributed by atoms with E-state index in [0.29, 0.717) is 16.5 Å². The number of pyridine rings is 1. The molecule has 0 unspecified atom stereocenters. The minimum atomic E-state index is -4.56. The van der Waals surface area contributed by atoms with Crippen molar-refractivity contribution in [3.8, 4) is 5.75 Å². The molecule has 0 radical (unpaired) electrons. The van der Waals surface area contributed by atoms with Crippen molar-refractivity contribution in [3.05, 3.63) is 51.8 Å². The molecule has 1 heterocycles. The molecule has 0 aliphatic heterocycles. The van der Waals surface area contributed by atoms with Crippen molar-refractivity contribution < 1.29 is 22.7 Å². The van der Waals surface area contributed by atoms with E-state index in [-0.39, 0.29) is 11.3 Å². The van der Waals surface area contributed by atoms with Crippen molar-refractivity contribution in [2.45, 2.75) is 20.0 Å². The first kappa shape index (κ1) is 18.1. The van der Waals surface area contributed by atoms with E-state index in [2.05, 4.69) is 10.3 Å². The van der Waals surface area contributed by atoms with Gasteiger partial charge in [0.1, 0.15) is 11.4 Å². The first-order valence-electron chi connectivity index (χ1n) is 6.84. The minimum Gasteiger partial charge on any atom is -0.495 e. The van der Waals surface area contributed by atoms with Crippen LogP contribution >= 0.6 is 11.6 Å². The number of nitrogens with one attached hydrogen (secondary N) is 1. The lowest BCUT2D eigenvalue weighted by Gasteiger charge is -2.14. The van der Waals surface area contributed by atoms with Crippen molar-refractivity contribution in [2.24, 2.45) is 0 Å². The molecule has 0 saturated heterocycles. The predicted molar refractivity (Wildman–Crippen MR) is 84.7 cm³/mol. The summed E-state index contributed by atoms with van der Waals surface area (Å²) >= 11 is 5.99. The zero-order valence-corrected chi connectivity index (χ0v) is 13.8. The number of methoxy groups -OCH3 is 1. The number of carbonyl (C=O) groups excluding carboxylic acids is 1. The van der Waals surface area contributed by atoms with Crippen LogP contribution < -0.4 is 10.1 Å². The third-order valence-electron chi connectivity index (χ3n) is 3.35. The summed E-state index contributed by atoms with van der Waals surface area (Å²) in [6.07, 6.45) is -4.56. The Hall–Kier alpha value is -2.28. The van der Waals surface area contributed by atoms with Crippen LogP contribution in [0.4, 0.5) is 18.9 Å². The molecule has 0 aliphatic rings. The van der Waals surface area contributed by atoms with Gasteiger partial charge in [-0.05, 0) is 37.6 Å². The van der Waals surface area contributed by atoms with Gasteiger partial charge in [-0.2, -0.15) is 13.2 Å². The van der Waals surface area contributed by atoms with Gasteiger partial charge in [-0.15, -0.1) is 0 Å². The summed E-state index contributed by atoms with van der Waals surface area (Å²) < 4.78 is 43.1. The van der Waals surface area contributed by atoms with Gasteiger partial charge in [0, 0.05) is 11.1 Å². The van der Waals surface area contributed by atoms with Gasteiger partial charge in [-0.3, -0.25) is 4.79 Å². The third-order valence-corrected chi connectivity index (χ3v) is 3.76. The van der Waals surface area contributed by atoms with Crippen LogP contribution in [0, 0.1) is 13.8 Å². The van der Waals surface area contributed by atoms with Crippen LogP contribution in [0.25, 0.3) is 0 Å². The SMILES string of the molecule is COc1cc(Cl)c(C)cc1NC(=O)c1ccc(C(F)(F)F)nc1C. The molecule has 0 bridgehead atoms. The van der Waals surface area contributed by atoms with Crippen LogP contribution in [-0.2, 0) is 6.18 Å². The van der Waals surface area contributed by atoms with E-state index in [9.17, 15) is 18.0 Å². The molecule has 1 N–H and O–H groups in total. The quantitative estimate of drug-likeness (QED) is 0.870. The van der Waals surface area contributed by atoms with Gasteiger partial charge in [0.2, 0.25) is 0 Å². The summed E-state index contributed by atoms with van der Waals surface area (Å²) in [4.78, 5) is 15.8. The van der Waals surface area contributed by atoms with Gasteiger partial charge >= 0.3 is 6.18 Å². The second-order valence-electron chi connectivity index (χ2n) is 5.08. The van der Waals surface area contributed by atoms with E-state index < -0.39 is 17.8 Å². The molecule has 1 aromatic heterocycles. The normalized spacial score (nSPS) is 11.3. The molecule has 128 valence electrons. The lowest BCUT2D eigenvalue weighted by molar-refractivity contribution is -0.141. The van der Waals surface area contributed by atoms with Gasteiger partial charge in [0.05, 0.1) is 24.1 Å². The average Bonchev–Trinajstić information content (AvgIpc) is 2.49. The standard InChI is InChI=1S/C16H14ClF3N2O2/c1-8-6-12(13(24-3)7-11(8)17)22-15(23)10-4-5-14(16(18,19)20)21-9(10)2/h4-7H,1-3H3,(H,22,23). The Morgan fingerprint density at radius 1 is 1.25 bits per heavy atom. The number of amides is 1. The lowest BCUT2D eigenvalue weighted by Crippen LogP contribution is -2.17. The van der Waals surface area contributed by atoms with Crippen LogP contribution in [0.1, 0.15) is 27.3 Å². The number of carbonyl (C=O) groups is 1. The fraction of sp³-hybridized carbons (Fsp3) is 0.250. The van der Waals surface area contributed by atoms with Crippen LogP contribution in [0.3, 0.4) is 0 Å². The number of anilines is 1. The Balaban J connectivity index is 2.33. The summed E-state index contributed by atoms with van der Waals surface area (Å²) in [5.74, 6) is -0.245. The Morgan fingerprint density at radius 3 is 2.46 bits per heavy atom. The van der Waals surface area contributed by atoms with E-state index in [1.807, 2.05) is 0 Å². The maximum atomic E-state index is 12.6. The Labute approximate surface area is 141 Å². The number of halogens is 4. The van der Waals surface area contributed by atoms with Crippen LogP contribution in [0.2, 0.25) is 5.02 Å². The summed E-state index contributed by atoms with van der Waals surface area (Å²) in [5.41, 5.74) is 0.0554. The van der Waals surface area contributed by atoms with Gasteiger partial charge < -0.3 is 10.1 Å². The number of rotatable bonds is 3. The summed E-state index contributed by atoms with van der Waals surface area (Å²) in [7, 11) is 1.42. The summed E-state index contributed by atoms with van der Waals surface area (Å²) in [5, 5.41) is 3.07. The number of hydrogen-bond donors (Lipinski definition) is 1. The van der Waals surface area contributed by atoms with Gasteiger partial charge in [0.15, 0.2) is 0 Å². The van der Waals surface area contributed by atoms with Crippen molar-refractivity contribution in [1.82, 2.24) is 4.98 Å². The molecule has 4 nitrogen and oxygen atoms in total. The minimum absolute atomic E-state index is 0.0213. The van der Waals surface area contributed by atoms with Crippen LogP contribution in [-0.4, -0.2) is 18.0 Å². The molecule has 0 atom stereocenters. The largest absolute Gasteiger partial charge is 0.495 e. The second-order valence-corrected chi connectivity index (χ2v) is 5.49. The number of benzene rings is 1. The van der Waals surface area contributed by atoms with Crippen molar-refractivity contribution in [1.29, 1.82) is 0 Å². The predicted octanol–water partition coefficient (Wildman–Crippen LogP) is 4.63. The Bertz CT molecular complexity index is 792. The number of aromatic nitrogens is 1. The highest BCUT2D eigenvalue weighted by molar-refractivity contribution is 6.31. The monoisotopic (exact) mass is 358 g/mol. The number of nitrogens with zero attached hydrogens (tertiary/aromatic N) is 1. The van der Waals surface area contributed by atoms with E-state index >= 15 is 0 Å². The number of ether oxygens (including phenoxy) is 1. The van der Waals surface area contributed by atoms with Crippen molar-refractivity contribution in [3.63, 3.8) is 0 Å². The summed E-state index contributed by atoms with van der Waals surface area (Å²) in [6, 6.07) is 5.03. The molecule has 0 saturated carbocycles. The molecular weight excluding hydrogens is 345 g/mol. The molecule has 24 heavy (non-hydrogen) atoms. The third kappa shape index (κ3) is 3.79. The summed E-state index contributed by atoms with van der Waals surface area (Å²) in [6.45, 7) is 3.09. The first-order chi connectivity index (χ1) is 11.1. The van der Waals surface area contributed by atoms with Gasteiger partial charge in [-0.25, -0.2) is 4.98 Å². The lowest BCUT2D eigenvalue weighted by atomic mass is 10.1. The Kier molecular flexibility index (Phi) is 5.03. The highest BCUT2D eigenvalue weighted by atomic mass is 35.5.